The van der Waals surface area contributed by atoms with Gasteiger partial charge in [-0.15, -0.1) is 11.3 Å². The first-order valence-electron chi connectivity index (χ1n) is 6.78. The van der Waals surface area contributed by atoms with Crippen molar-refractivity contribution in [3.05, 3.63) is 34.8 Å². The minimum atomic E-state index is 0.680. The molecule has 0 fully saturated rings. The molecule has 108 valence electrons. The molecule has 0 spiro atoms. The van der Waals surface area contributed by atoms with Crippen LogP contribution in [0.1, 0.15) is 18.2 Å². The van der Waals surface area contributed by atoms with Gasteiger partial charge in [0.1, 0.15) is 14.9 Å². The third kappa shape index (κ3) is 3.16. The number of nitrogens with one attached hydrogen (secondary N) is 1. The van der Waals surface area contributed by atoms with Gasteiger partial charge in [0.2, 0.25) is 5.95 Å². The van der Waals surface area contributed by atoms with Crippen LogP contribution >= 0.6 is 23.1 Å². The number of hydrogen-bond donors (Lipinski definition) is 1. The van der Waals surface area contributed by atoms with E-state index in [0.29, 0.717) is 5.95 Å². The van der Waals surface area contributed by atoms with Crippen LogP contribution in [0, 0.1) is 13.8 Å². The zero-order valence-corrected chi connectivity index (χ0v) is 13.8. The van der Waals surface area contributed by atoms with Crippen LogP contribution in [0.3, 0.4) is 0 Å². The Balaban J connectivity index is 2.04. The Bertz CT molecular complexity index is 762. The largest absolute Gasteiger partial charge is 0.354 e. The molecule has 6 heteroatoms. The average molecular weight is 316 g/mol. The van der Waals surface area contributed by atoms with E-state index in [1.54, 1.807) is 23.1 Å². The second-order valence-corrected chi connectivity index (χ2v) is 6.65. The summed E-state index contributed by atoms with van der Waals surface area (Å²) in [6.45, 7) is 6.95. The molecular formula is C15H16N4S2. The molecule has 0 saturated carbocycles. The molecule has 0 amide bonds. The topological polar surface area (TPSA) is 50.7 Å². The molecule has 21 heavy (non-hydrogen) atoms. The highest BCUT2D eigenvalue weighted by molar-refractivity contribution is 7.99. The first-order chi connectivity index (χ1) is 10.2. The summed E-state index contributed by atoms with van der Waals surface area (Å²) in [6, 6.07) is 6.24. The predicted molar refractivity (Wildman–Crippen MR) is 89.4 cm³/mol. The Morgan fingerprint density at radius 1 is 1.19 bits per heavy atom. The molecule has 1 N–H and O–H groups in total. The van der Waals surface area contributed by atoms with E-state index in [2.05, 4.69) is 45.4 Å². The molecule has 0 radical (unpaired) electrons. The van der Waals surface area contributed by atoms with E-state index >= 15 is 0 Å². The van der Waals surface area contributed by atoms with Crippen molar-refractivity contribution in [1.82, 2.24) is 15.0 Å². The molecule has 0 atom stereocenters. The zero-order chi connectivity index (χ0) is 14.8. The van der Waals surface area contributed by atoms with Crippen LogP contribution in [0.25, 0.3) is 10.2 Å². The smallest absolute Gasteiger partial charge is 0.225 e. The first kappa shape index (κ1) is 14.3. The predicted octanol–water partition coefficient (Wildman–Crippen LogP) is 4.29. The van der Waals surface area contributed by atoms with Crippen LogP contribution in [0.15, 0.2) is 33.6 Å². The summed E-state index contributed by atoms with van der Waals surface area (Å²) in [7, 11) is 0. The number of anilines is 1. The number of aryl methyl sites for hydroxylation is 2. The maximum absolute atomic E-state index is 4.62. The molecule has 3 aromatic rings. The van der Waals surface area contributed by atoms with Crippen molar-refractivity contribution in [3.63, 3.8) is 0 Å². The second-order valence-electron chi connectivity index (χ2n) is 4.75. The van der Waals surface area contributed by atoms with Crippen molar-refractivity contribution < 1.29 is 0 Å². The number of rotatable bonds is 4. The summed E-state index contributed by atoms with van der Waals surface area (Å²) in [4.78, 5) is 14.7. The fraction of sp³-hybridized carbons (Fsp3) is 0.267. The van der Waals surface area contributed by atoms with E-state index in [1.165, 1.54) is 5.56 Å². The van der Waals surface area contributed by atoms with E-state index < -0.39 is 0 Å². The van der Waals surface area contributed by atoms with Gasteiger partial charge in [-0.25, -0.2) is 15.0 Å². The minimum Gasteiger partial charge on any atom is -0.354 e. The molecule has 0 aliphatic rings. The Morgan fingerprint density at radius 3 is 2.81 bits per heavy atom. The van der Waals surface area contributed by atoms with Crippen LogP contribution in [-0.2, 0) is 0 Å². The van der Waals surface area contributed by atoms with Crippen LogP contribution in [-0.4, -0.2) is 21.5 Å². The first-order valence-corrected chi connectivity index (χ1v) is 8.47. The van der Waals surface area contributed by atoms with Crippen molar-refractivity contribution in [2.75, 3.05) is 11.9 Å². The average Bonchev–Trinajstić information content (AvgIpc) is 2.86. The van der Waals surface area contributed by atoms with Gasteiger partial charge in [-0.3, -0.25) is 0 Å². The van der Waals surface area contributed by atoms with Crippen LogP contribution in [0.2, 0.25) is 0 Å². The lowest BCUT2D eigenvalue weighted by Crippen LogP contribution is -2.02. The highest BCUT2D eigenvalue weighted by Gasteiger charge is 2.11. The molecule has 4 nitrogen and oxygen atoms in total. The molecule has 3 rings (SSSR count). The summed E-state index contributed by atoms with van der Waals surface area (Å²) >= 11 is 3.23. The highest BCUT2D eigenvalue weighted by atomic mass is 32.2. The lowest BCUT2D eigenvalue weighted by Gasteiger charge is -2.07. The number of hydrogen-bond acceptors (Lipinski definition) is 6. The van der Waals surface area contributed by atoms with Crippen molar-refractivity contribution in [2.24, 2.45) is 0 Å². The van der Waals surface area contributed by atoms with Crippen molar-refractivity contribution in [3.8, 4) is 0 Å². The number of pyridine rings is 1. The van der Waals surface area contributed by atoms with E-state index in [-0.39, 0.29) is 0 Å². The van der Waals surface area contributed by atoms with E-state index in [9.17, 15) is 0 Å². The van der Waals surface area contributed by atoms with Crippen LogP contribution < -0.4 is 5.32 Å². The van der Waals surface area contributed by atoms with Gasteiger partial charge in [0, 0.05) is 17.6 Å². The number of nitrogens with zero attached hydrogens (tertiary/aromatic N) is 3. The second kappa shape index (κ2) is 5.99. The molecule has 0 aromatic carbocycles. The van der Waals surface area contributed by atoms with Crippen LogP contribution in [0.4, 0.5) is 5.95 Å². The quantitative estimate of drug-likeness (QED) is 0.728. The van der Waals surface area contributed by atoms with Gasteiger partial charge >= 0.3 is 0 Å². The molecule has 0 aliphatic carbocycles. The third-order valence-corrected chi connectivity index (χ3v) is 4.63. The summed E-state index contributed by atoms with van der Waals surface area (Å²) in [6.07, 6.45) is 0. The van der Waals surface area contributed by atoms with Crippen molar-refractivity contribution in [2.45, 2.75) is 30.8 Å². The summed E-state index contributed by atoms with van der Waals surface area (Å²) in [5.74, 6) is 0.680. The van der Waals surface area contributed by atoms with Gasteiger partial charge in [0.05, 0.1) is 0 Å². The molecule has 0 bridgehead atoms. The van der Waals surface area contributed by atoms with Crippen LogP contribution in [0.5, 0.6) is 0 Å². The Morgan fingerprint density at radius 2 is 2.05 bits per heavy atom. The summed E-state index contributed by atoms with van der Waals surface area (Å²) in [5.41, 5.74) is 2.24. The molecule has 3 heterocycles. The Labute approximate surface area is 132 Å². The zero-order valence-electron chi connectivity index (χ0n) is 12.2. The van der Waals surface area contributed by atoms with Gasteiger partial charge in [0.25, 0.3) is 0 Å². The maximum atomic E-state index is 4.62. The lowest BCUT2D eigenvalue weighted by molar-refractivity contribution is 1.03. The van der Waals surface area contributed by atoms with E-state index in [1.807, 2.05) is 19.2 Å². The van der Waals surface area contributed by atoms with Gasteiger partial charge in [-0.2, -0.15) is 0 Å². The minimum absolute atomic E-state index is 0.680. The molecular weight excluding hydrogens is 300 g/mol. The highest BCUT2D eigenvalue weighted by Crippen LogP contribution is 2.33. The van der Waals surface area contributed by atoms with Crippen molar-refractivity contribution >= 4 is 39.3 Å². The van der Waals surface area contributed by atoms with E-state index in [4.69, 9.17) is 0 Å². The third-order valence-electron chi connectivity index (χ3n) is 2.90. The molecule has 0 unspecified atom stereocenters. The van der Waals surface area contributed by atoms with Crippen molar-refractivity contribution in [1.29, 1.82) is 0 Å². The fourth-order valence-corrected chi connectivity index (χ4v) is 3.97. The SMILES string of the molecule is CCNc1nc(Sc2cc(C)cc(C)n2)c2ccsc2n1. The number of thiophene rings is 1. The van der Waals surface area contributed by atoms with Gasteiger partial charge in [0.15, 0.2) is 0 Å². The molecule has 0 saturated heterocycles. The standard InChI is InChI=1S/C15H16N4S2/c1-4-16-15-18-13-11(5-6-20-13)14(19-15)21-12-8-9(2)7-10(3)17-12/h5-8H,4H2,1-3H3,(H,16,18,19). The molecule has 3 aromatic heterocycles. The lowest BCUT2D eigenvalue weighted by atomic mass is 10.3. The van der Waals surface area contributed by atoms with Gasteiger partial charge < -0.3 is 5.32 Å². The van der Waals surface area contributed by atoms with E-state index in [0.717, 1.165) is 32.5 Å². The van der Waals surface area contributed by atoms with Gasteiger partial charge in [-0.1, -0.05) is 0 Å². The number of fused-ring (bicyclic) bond motifs is 1. The summed E-state index contributed by atoms with van der Waals surface area (Å²) in [5, 5.41) is 8.26. The normalized spacial score (nSPS) is 11.0. The monoisotopic (exact) mass is 316 g/mol. The fourth-order valence-electron chi connectivity index (χ4n) is 2.10. The Hall–Kier alpha value is -1.66. The maximum Gasteiger partial charge on any atom is 0.225 e. The molecule has 0 aliphatic heterocycles. The number of aromatic nitrogens is 3. The summed E-state index contributed by atoms with van der Waals surface area (Å²) < 4.78 is 0. The van der Waals surface area contributed by atoms with Gasteiger partial charge in [-0.05, 0) is 61.7 Å². The Kier molecular flexibility index (Phi) is 4.07.